The Labute approximate surface area is 222 Å². The standard InChI is InChI=1S/C24H30F3N7O5/c1-13(24(25,26)27)29-21(35)16-4-5-17-20(30-16)34(14-6-7-33(17)10-14)22(36)32-18-8-28-9-19(31-18)37-11-15-12-38-23(2,3)39-15/h4-5,8-9,13-16,30H,6-7,10-12H2,1-3H3,(H,29,35)(H,31,32,36)/t13-,14+,15+,16?/m1/s1. The second-order valence-corrected chi connectivity index (χ2v) is 10.2. The Morgan fingerprint density at radius 2 is 2.13 bits per heavy atom. The third kappa shape index (κ3) is 5.88. The molecule has 4 aliphatic rings. The molecule has 15 heteroatoms. The van der Waals surface area contributed by atoms with Gasteiger partial charge in [0.25, 0.3) is 0 Å². The molecule has 39 heavy (non-hydrogen) atoms. The second-order valence-electron chi connectivity index (χ2n) is 10.2. The first-order valence-corrected chi connectivity index (χ1v) is 12.6. The van der Waals surface area contributed by atoms with Gasteiger partial charge in [-0.1, -0.05) is 6.08 Å². The molecule has 2 fully saturated rings. The number of hydrogen-bond acceptors (Lipinski definition) is 9. The number of urea groups is 1. The topological polar surface area (TPSA) is 130 Å². The quantitative estimate of drug-likeness (QED) is 0.482. The highest BCUT2D eigenvalue weighted by Crippen LogP contribution is 2.34. The number of nitrogens with one attached hydrogen (secondary N) is 3. The maximum absolute atomic E-state index is 13.4. The highest BCUT2D eigenvalue weighted by molar-refractivity contribution is 5.91. The van der Waals surface area contributed by atoms with Gasteiger partial charge in [-0.05, 0) is 33.3 Å². The van der Waals surface area contributed by atoms with Gasteiger partial charge in [0.05, 0.1) is 30.7 Å². The van der Waals surface area contributed by atoms with Crippen LogP contribution in [0.5, 0.6) is 5.88 Å². The number of alkyl halides is 3. The summed E-state index contributed by atoms with van der Waals surface area (Å²) in [5, 5.41) is 7.63. The van der Waals surface area contributed by atoms with Gasteiger partial charge in [-0.2, -0.15) is 18.2 Å². The summed E-state index contributed by atoms with van der Waals surface area (Å²) in [7, 11) is 0. The number of rotatable bonds is 6. The summed E-state index contributed by atoms with van der Waals surface area (Å²) in [5.41, 5.74) is 0.677. The van der Waals surface area contributed by atoms with E-state index in [2.05, 4.69) is 25.5 Å². The van der Waals surface area contributed by atoms with Gasteiger partial charge >= 0.3 is 12.2 Å². The van der Waals surface area contributed by atoms with Crippen molar-refractivity contribution in [2.24, 2.45) is 0 Å². The Balaban J connectivity index is 1.26. The molecule has 212 valence electrons. The predicted octanol–water partition coefficient (Wildman–Crippen LogP) is 1.69. The van der Waals surface area contributed by atoms with Crippen molar-refractivity contribution in [1.29, 1.82) is 0 Å². The molecular formula is C24H30F3N7O5. The first kappa shape index (κ1) is 27.0. The number of nitrogens with zero attached hydrogens (tertiary/aromatic N) is 4. The van der Waals surface area contributed by atoms with E-state index >= 15 is 0 Å². The minimum absolute atomic E-state index is 0.142. The molecule has 4 aliphatic heterocycles. The van der Waals surface area contributed by atoms with E-state index < -0.39 is 36.0 Å². The molecule has 0 aliphatic carbocycles. The van der Waals surface area contributed by atoms with Gasteiger partial charge in [0.15, 0.2) is 11.6 Å². The lowest BCUT2D eigenvalue weighted by Crippen LogP contribution is -2.57. The van der Waals surface area contributed by atoms with Crippen molar-refractivity contribution in [3.8, 4) is 5.88 Å². The summed E-state index contributed by atoms with van der Waals surface area (Å²) >= 11 is 0. The SMILES string of the molecule is C[C@@H](NC(=O)C1C=CC2=C(N1)N(C(=O)Nc1cncc(OC[C@H]3COC(C)(C)O3)n1)[C@H]1CCN2C1)C(F)(F)F. The molecule has 1 aromatic rings. The monoisotopic (exact) mass is 553 g/mol. The smallest absolute Gasteiger partial charge is 0.408 e. The zero-order valence-corrected chi connectivity index (χ0v) is 21.6. The van der Waals surface area contributed by atoms with Gasteiger partial charge in [-0.3, -0.25) is 20.0 Å². The molecule has 2 saturated heterocycles. The van der Waals surface area contributed by atoms with Crippen LogP contribution in [-0.2, 0) is 14.3 Å². The van der Waals surface area contributed by atoms with Crippen molar-refractivity contribution >= 4 is 17.8 Å². The summed E-state index contributed by atoms with van der Waals surface area (Å²) < 4.78 is 55.8. The van der Waals surface area contributed by atoms with Crippen LogP contribution in [0.25, 0.3) is 0 Å². The fraction of sp³-hybridized carbons (Fsp3) is 0.583. The number of fused-ring (bicyclic) bond motifs is 3. The minimum atomic E-state index is -4.58. The normalized spacial score (nSPS) is 26.2. The van der Waals surface area contributed by atoms with Gasteiger partial charge in [-0.15, -0.1) is 0 Å². The maximum atomic E-state index is 13.4. The third-order valence-corrected chi connectivity index (χ3v) is 6.77. The Morgan fingerprint density at radius 1 is 1.33 bits per heavy atom. The van der Waals surface area contributed by atoms with E-state index in [1.165, 1.54) is 23.4 Å². The average Bonchev–Trinajstić information content (AvgIpc) is 3.45. The zero-order valence-electron chi connectivity index (χ0n) is 21.6. The van der Waals surface area contributed by atoms with Crippen molar-refractivity contribution in [1.82, 2.24) is 30.4 Å². The molecule has 0 spiro atoms. The molecule has 5 heterocycles. The third-order valence-electron chi connectivity index (χ3n) is 6.77. The molecule has 0 aromatic carbocycles. The van der Waals surface area contributed by atoms with Crippen molar-refractivity contribution in [3.63, 3.8) is 0 Å². The zero-order chi connectivity index (χ0) is 27.9. The van der Waals surface area contributed by atoms with Gasteiger partial charge < -0.3 is 29.7 Å². The number of ether oxygens (including phenoxy) is 3. The number of halogens is 3. The Hall–Kier alpha value is -3.59. The van der Waals surface area contributed by atoms with E-state index in [-0.39, 0.29) is 30.5 Å². The van der Waals surface area contributed by atoms with E-state index in [0.717, 1.165) is 6.92 Å². The largest absolute Gasteiger partial charge is 0.474 e. The van der Waals surface area contributed by atoms with Crippen LogP contribution in [0.3, 0.4) is 0 Å². The Kier molecular flexibility index (Phi) is 7.05. The van der Waals surface area contributed by atoms with Gasteiger partial charge in [0, 0.05) is 13.1 Å². The highest BCUT2D eigenvalue weighted by Gasteiger charge is 2.44. The van der Waals surface area contributed by atoms with Crippen LogP contribution < -0.4 is 20.7 Å². The molecule has 2 bridgehead atoms. The van der Waals surface area contributed by atoms with Crippen LogP contribution in [0.2, 0.25) is 0 Å². The molecule has 5 rings (SSSR count). The lowest BCUT2D eigenvalue weighted by atomic mass is 10.1. The van der Waals surface area contributed by atoms with Gasteiger partial charge in [0.1, 0.15) is 30.6 Å². The molecule has 3 amide bonds. The molecule has 0 radical (unpaired) electrons. The highest BCUT2D eigenvalue weighted by atomic mass is 19.4. The summed E-state index contributed by atoms with van der Waals surface area (Å²) in [5.74, 6) is -0.882. The molecule has 3 N–H and O–H groups in total. The minimum Gasteiger partial charge on any atom is -0.474 e. The summed E-state index contributed by atoms with van der Waals surface area (Å²) in [6, 6.07) is -3.85. The van der Waals surface area contributed by atoms with E-state index in [9.17, 15) is 22.8 Å². The van der Waals surface area contributed by atoms with Crippen molar-refractivity contribution in [3.05, 3.63) is 36.1 Å². The number of carbonyl (C=O) groups excluding carboxylic acids is 2. The van der Waals surface area contributed by atoms with Crippen LogP contribution in [-0.4, -0.2) is 94.2 Å². The van der Waals surface area contributed by atoms with Crippen LogP contribution in [0, 0.1) is 0 Å². The van der Waals surface area contributed by atoms with E-state index in [1.54, 1.807) is 6.08 Å². The number of hydrogen-bond donors (Lipinski definition) is 3. The number of carbonyl (C=O) groups is 2. The van der Waals surface area contributed by atoms with E-state index in [4.69, 9.17) is 14.2 Å². The number of allylic oxidation sites excluding steroid dienone is 1. The summed E-state index contributed by atoms with van der Waals surface area (Å²) in [4.78, 5) is 38.0. The molecule has 1 aromatic heterocycles. The van der Waals surface area contributed by atoms with E-state index in [0.29, 0.717) is 37.6 Å². The predicted molar refractivity (Wildman–Crippen MR) is 130 cm³/mol. The fourth-order valence-electron chi connectivity index (χ4n) is 4.81. The molecular weight excluding hydrogens is 523 g/mol. The van der Waals surface area contributed by atoms with Gasteiger partial charge in [0.2, 0.25) is 11.8 Å². The van der Waals surface area contributed by atoms with Gasteiger partial charge in [-0.25, -0.2) is 4.79 Å². The van der Waals surface area contributed by atoms with Crippen molar-refractivity contribution < 1.29 is 37.0 Å². The number of anilines is 1. The van der Waals surface area contributed by atoms with Crippen LogP contribution in [0.4, 0.5) is 23.8 Å². The maximum Gasteiger partial charge on any atom is 0.408 e. The average molecular weight is 554 g/mol. The number of aromatic nitrogens is 2. The lowest BCUT2D eigenvalue weighted by Gasteiger charge is -2.41. The van der Waals surface area contributed by atoms with E-state index in [1.807, 2.05) is 19.2 Å². The Bertz CT molecular complexity index is 1190. The van der Waals surface area contributed by atoms with Crippen LogP contribution >= 0.6 is 0 Å². The molecule has 1 unspecified atom stereocenters. The first-order valence-electron chi connectivity index (χ1n) is 12.6. The number of dihydropyridines is 1. The molecule has 12 nitrogen and oxygen atoms in total. The molecule has 4 atom stereocenters. The summed E-state index contributed by atoms with van der Waals surface area (Å²) in [6.45, 7) is 6.31. The fourth-order valence-corrected chi connectivity index (χ4v) is 4.81. The van der Waals surface area contributed by atoms with Crippen molar-refractivity contribution in [2.45, 2.75) is 63.4 Å². The Morgan fingerprint density at radius 3 is 2.85 bits per heavy atom. The first-order chi connectivity index (χ1) is 18.4. The molecule has 0 saturated carbocycles. The van der Waals surface area contributed by atoms with Crippen LogP contribution in [0.1, 0.15) is 27.2 Å². The lowest BCUT2D eigenvalue weighted by molar-refractivity contribution is -0.158. The second kappa shape index (κ2) is 10.2. The number of amides is 3. The van der Waals surface area contributed by atoms with Crippen molar-refractivity contribution in [2.75, 3.05) is 31.6 Å². The van der Waals surface area contributed by atoms with Crippen LogP contribution in [0.15, 0.2) is 36.1 Å². The summed E-state index contributed by atoms with van der Waals surface area (Å²) in [6.07, 6.45) is 1.73.